The van der Waals surface area contributed by atoms with Gasteiger partial charge in [-0.1, -0.05) is 23.4 Å². The molecule has 6 nitrogen and oxygen atoms in total. The number of fused-ring (bicyclic) bond motifs is 1. The van der Waals surface area contributed by atoms with E-state index in [1.54, 1.807) is 0 Å². The maximum atomic E-state index is 12.7. The van der Waals surface area contributed by atoms with Crippen molar-refractivity contribution in [2.45, 2.75) is 37.5 Å². The van der Waals surface area contributed by atoms with E-state index in [0.717, 1.165) is 35.3 Å². The molecule has 2 aliphatic rings. The van der Waals surface area contributed by atoms with Gasteiger partial charge in [-0.3, -0.25) is 4.79 Å². The number of carbonyl (C=O) groups is 1. The standard InChI is InChI=1S/C19H20N4O2/c24-17(9-14-10-20-16-4-2-1-3-15(14)16)23-8-7-13(11-23)19-21-18(22-25-19)12-5-6-12/h1-4,10,12-13,20H,5-9,11H2/t13-/m0/s1. The molecule has 5 rings (SSSR count). The minimum Gasteiger partial charge on any atom is -0.361 e. The molecule has 128 valence electrons. The van der Waals surface area contributed by atoms with Crippen LogP contribution in [0, 0.1) is 0 Å². The Morgan fingerprint density at radius 3 is 3.00 bits per heavy atom. The van der Waals surface area contributed by atoms with Gasteiger partial charge in [-0.15, -0.1) is 0 Å². The first-order chi connectivity index (χ1) is 12.3. The molecule has 3 aromatic rings. The zero-order chi connectivity index (χ0) is 16.8. The van der Waals surface area contributed by atoms with Crippen molar-refractivity contribution in [3.8, 4) is 0 Å². The Morgan fingerprint density at radius 1 is 1.24 bits per heavy atom. The summed E-state index contributed by atoms with van der Waals surface area (Å²) in [5, 5.41) is 5.22. The molecule has 3 heterocycles. The van der Waals surface area contributed by atoms with Gasteiger partial charge in [0.1, 0.15) is 0 Å². The fourth-order valence-corrected chi connectivity index (χ4v) is 3.66. The van der Waals surface area contributed by atoms with Crippen LogP contribution in [0.25, 0.3) is 10.9 Å². The van der Waals surface area contributed by atoms with Crippen LogP contribution in [-0.2, 0) is 11.2 Å². The highest BCUT2D eigenvalue weighted by Gasteiger charge is 2.34. The third-order valence-corrected chi connectivity index (χ3v) is 5.31. The van der Waals surface area contributed by atoms with E-state index in [4.69, 9.17) is 4.52 Å². The summed E-state index contributed by atoms with van der Waals surface area (Å²) in [5.74, 6) is 2.38. The highest BCUT2D eigenvalue weighted by Crippen LogP contribution is 2.39. The van der Waals surface area contributed by atoms with Crippen molar-refractivity contribution < 1.29 is 9.32 Å². The second-order valence-electron chi connectivity index (χ2n) is 7.13. The third kappa shape index (κ3) is 2.71. The number of para-hydroxylation sites is 1. The molecular formula is C19H20N4O2. The van der Waals surface area contributed by atoms with Crippen LogP contribution >= 0.6 is 0 Å². The lowest BCUT2D eigenvalue weighted by molar-refractivity contribution is -0.129. The van der Waals surface area contributed by atoms with Crippen LogP contribution in [0.3, 0.4) is 0 Å². The first kappa shape index (κ1) is 14.7. The van der Waals surface area contributed by atoms with Gasteiger partial charge in [0.15, 0.2) is 5.82 Å². The topological polar surface area (TPSA) is 75.0 Å². The van der Waals surface area contributed by atoms with Gasteiger partial charge < -0.3 is 14.4 Å². The Bertz CT molecular complexity index is 924. The zero-order valence-corrected chi connectivity index (χ0v) is 13.9. The molecule has 1 aliphatic heterocycles. The molecule has 0 bridgehead atoms. The van der Waals surface area contributed by atoms with Gasteiger partial charge in [0.2, 0.25) is 11.8 Å². The van der Waals surface area contributed by atoms with Gasteiger partial charge in [0.25, 0.3) is 0 Å². The number of aromatic nitrogens is 3. The summed E-state index contributed by atoms with van der Waals surface area (Å²) >= 11 is 0. The summed E-state index contributed by atoms with van der Waals surface area (Å²) in [7, 11) is 0. The van der Waals surface area contributed by atoms with E-state index in [-0.39, 0.29) is 11.8 Å². The fraction of sp³-hybridized carbons (Fsp3) is 0.421. The number of nitrogens with zero attached hydrogens (tertiary/aromatic N) is 3. The van der Waals surface area contributed by atoms with Crippen LogP contribution in [0.2, 0.25) is 0 Å². The number of rotatable bonds is 4. The van der Waals surface area contributed by atoms with Gasteiger partial charge in [-0.2, -0.15) is 4.98 Å². The number of aromatic amines is 1. The first-order valence-corrected chi connectivity index (χ1v) is 8.94. The number of likely N-dealkylation sites (tertiary alicyclic amines) is 1. The Labute approximate surface area is 145 Å². The van der Waals surface area contributed by atoms with E-state index in [2.05, 4.69) is 21.2 Å². The van der Waals surface area contributed by atoms with E-state index in [9.17, 15) is 4.79 Å². The van der Waals surface area contributed by atoms with Crippen LogP contribution in [-0.4, -0.2) is 39.0 Å². The van der Waals surface area contributed by atoms with E-state index in [1.807, 2.05) is 29.3 Å². The highest BCUT2D eigenvalue weighted by molar-refractivity contribution is 5.89. The highest BCUT2D eigenvalue weighted by atomic mass is 16.5. The number of nitrogens with one attached hydrogen (secondary N) is 1. The Balaban J connectivity index is 1.26. The number of H-pyrrole nitrogens is 1. The Hall–Kier alpha value is -2.63. The van der Waals surface area contributed by atoms with E-state index in [1.165, 1.54) is 12.8 Å². The lowest BCUT2D eigenvalue weighted by Crippen LogP contribution is -2.29. The van der Waals surface area contributed by atoms with Crippen molar-refractivity contribution in [2.75, 3.05) is 13.1 Å². The second-order valence-corrected chi connectivity index (χ2v) is 7.13. The Morgan fingerprint density at radius 2 is 2.12 bits per heavy atom. The fourth-order valence-electron chi connectivity index (χ4n) is 3.66. The summed E-state index contributed by atoms with van der Waals surface area (Å²) < 4.78 is 5.44. The molecule has 1 atom stereocenters. The van der Waals surface area contributed by atoms with E-state index in [0.29, 0.717) is 24.8 Å². The van der Waals surface area contributed by atoms with Crippen molar-refractivity contribution in [1.29, 1.82) is 0 Å². The van der Waals surface area contributed by atoms with Crippen molar-refractivity contribution in [2.24, 2.45) is 0 Å². The molecule has 2 aromatic heterocycles. The van der Waals surface area contributed by atoms with E-state index >= 15 is 0 Å². The molecule has 0 spiro atoms. The summed E-state index contributed by atoms with van der Waals surface area (Å²) in [6, 6.07) is 8.08. The summed E-state index contributed by atoms with van der Waals surface area (Å²) in [6.07, 6.45) is 5.59. The quantitative estimate of drug-likeness (QED) is 0.795. The molecule has 1 saturated heterocycles. The smallest absolute Gasteiger partial charge is 0.231 e. The lowest BCUT2D eigenvalue weighted by Gasteiger charge is -2.15. The van der Waals surface area contributed by atoms with Crippen molar-refractivity contribution in [1.82, 2.24) is 20.0 Å². The van der Waals surface area contributed by atoms with E-state index < -0.39 is 0 Å². The summed E-state index contributed by atoms with van der Waals surface area (Å²) in [4.78, 5) is 22.4. The number of hydrogen-bond acceptors (Lipinski definition) is 4. The van der Waals surface area contributed by atoms with Crippen molar-refractivity contribution in [3.63, 3.8) is 0 Å². The van der Waals surface area contributed by atoms with Gasteiger partial charge in [-0.05, 0) is 30.9 Å². The SMILES string of the molecule is O=C(Cc1c[nH]c2ccccc12)N1CC[C@H](c2nc(C3CC3)no2)C1. The maximum Gasteiger partial charge on any atom is 0.231 e. The average Bonchev–Trinajstić information content (AvgIpc) is 3.04. The first-order valence-electron chi connectivity index (χ1n) is 8.94. The van der Waals surface area contributed by atoms with Gasteiger partial charge in [-0.25, -0.2) is 0 Å². The number of benzene rings is 1. The molecule has 0 unspecified atom stereocenters. The largest absolute Gasteiger partial charge is 0.361 e. The molecule has 1 saturated carbocycles. The molecule has 25 heavy (non-hydrogen) atoms. The molecule has 2 fully saturated rings. The molecule has 0 radical (unpaired) electrons. The minimum atomic E-state index is 0.161. The predicted molar refractivity (Wildman–Crippen MR) is 92.2 cm³/mol. The van der Waals surface area contributed by atoms with Crippen LogP contribution in [0.1, 0.15) is 48.4 Å². The molecular weight excluding hydrogens is 316 g/mol. The van der Waals surface area contributed by atoms with Gasteiger partial charge in [0.05, 0.1) is 12.3 Å². The van der Waals surface area contributed by atoms with Crippen LogP contribution < -0.4 is 0 Å². The predicted octanol–water partition coefficient (Wildman–Crippen LogP) is 2.99. The monoisotopic (exact) mass is 336 g/mol. The average molecular weight is 336 g/mol. The van der Waals surface area contributed by atoms with Crippen LogP contribution in [0.5, 0.6) is 0 Å². The second kappa shape index (κ2) is 5.72. The van der Waals surface area contributed by atoms with Crippen molar-refractivity contribution in [3.05, 3.63) is 47.7 Å². The normalized spacial score (nSPS) is 20.5. The van der Waals surface area contributed by atoms with Crippen molar-refractivity contribution >= 4 is 16.8 Å². The van der Waals surface area contributed by atoms with Crippen LogP contribution in [0.4, 0.5) is 0 Å². The van der Waals surface area contributed by atoms with Gasteiger partial charge in [0, 0.05) is 36.1 Å². The zero-order valence-electron chi connectivity index (χ0n) is 13.9. The lowest BCUT2D eigenvalue weighted by atomic mass is 10.1. The molecule has 6 heteroatoms. The van der Waals surface area contributed by atoms with Gasteiger partial charge >= 0.3 is 0 Å². The Kier molecular flexibility index (Phi) is 3.36. The third-order valence-electron chi connectivity index (χ3n) is 5.31. The molecule has 1 aliphatic carbocycles. The summed E-state index contributed by atoms with van der Waals surface area (Å²) in [5.41, 5.74) is 2.13. The summed E-state index contributed by atoms with van der Waals surface area (Å²) in [6.45, 7) is 1.43. The molecule has 1 N–H and O–H groups in total. The number of carbonyl (C=O) groups excluding carboxylic acids is 1. The number of amides is 1. The minimum absolute atomic E-state index is 0.161. The molecule has 1 amide bonds. The maximum absolute atomic E-state index is 12.7. The molecule has 1 aromatic carbocycles. The van der Waals surface area contributed by atoms with Crippen LogP contribution in [0.15, 0.2) is 35.0 Å². The number of hydrogen-bond donors (Lipinski definition) is 1.